The van der Waals surface area contributed by atoms with Crippen molar-refractivity contribution in [3.63, 3.8) is 0 Å². The smallest absolute Gasteiger partial charge is 0.340 e. The molecular weight excluding hydrogens is 424 g/mol. The third kappa shape index (κ3) is 3.89. The molecule has 1 amide bonds. The lowest BCUT2D eigenvalue weighted by Crippen LogP contribution is -2.33. The molecule has 1 saturated carbocycles. The molecule has 3 aromatic heterocycles. The summed E-state index contributed by atoms with van der Waals surface area (Å²) in [5.41, 5.74) is 2.92. The van der Waals surface area contributed by atoms with Crippen LogP contribution in [0.25, 0.3) is 21.6 Å². The molecule has 5 rings (SSSR count). The van der Waals surface area contributed by atoms with Crippen molar-refractivity contribution in [2.45, 2.75) is 31.9 Å². The van der Waals surface area contributed by atoms with Gasteiger partial charge in [0, 0.05) is 18.7 Å². The second kappa shape index (κ2) is 8.20. The Morgan fingerprint density at radius 1 is 1.19 bits per heavy atom. The molecule has 1 aliphatic rings. The van der Waals surface area contributed by atoms with Crippen LogP contribution in [0.3, 0.4) is 0 Å². The van der Waals surface area contributed by atoms with Gasteiger partial charge in [0.05, 0.1) is 27.2 Å². The Kier molecular flexibility index (Phi) is 5.22. The van der Waals surface area contributed by atoms with Crippen LogP contribution in [-0.4, -0.2) is 32.7 Å². The molecule has 7 nitrogen and oxygen atoms in total. The fourth-order valence-electron chi connectivity index (χ4n) is 3.73. The number of amides is 1. The number of pyridine rings is 1. The number of fused-ring (bicyclic) bond motifs is 1. The van der Waals surface area contributed by atoms with E-state index >= 15 is 0 Å². The van der Waals surface area contributed by atoms with E-state index in [1.54, 1.807) is 29.9 Å². The van der Waals surface area contributed by atoms with Gasteiger partial charge in [0.15, 0.2) is 5.65 Å². The molecule has 162 valence electrons. The lowest BCUT2D eigenvalue weighted by atomic mass is 10.1. The molecule has 1 fully saturated rings. The number of hydrogen-bond donors (Lipinski definition) is 1. The maximum Gasteiger partial charge on any atom is 0.340 e. The van der Waals surface area contributed by atoms with Crippen molar-refractivity contribution in [2.24, 2.45) is 7.05 Å². The van der Waals surface area contributed by atoms with Gasteiger partial charge in [-0.15, -0.1) is 11.3 Å². The highest BCUT2D eigenvalue weighted by Gasteiger charge is 2.32. The number of rotatable bonds is 6. The summed E-state index contributed by atoms with van der Waals surface area (Å²) in [6.07, 6.45) is 0.867. The summed E-state index contributed by atoms with van der Waals surface area (Å²) in [4.78, 5) is 32.1. The molecular formula is C24H22N4O3S. The van der Waals surface area contributed by atoms with Gasteiger partial charge < -0.3 is 10.1 Å². The van der Waals surface area contributed by atoms with Crippen molar-refractivity contribution in [2.75, 3.05) is 0 Å². The minimum atomic E-state index is -1.03. The quantitative estimate of drug-likeness (QED) is 0.449. The molecule has 0 spiro atoms. The Labute approximate surface area is 189 Å². The van der Waals surface area contributed by atoms with Crippen LogP contribution in [-0.2, 0) is 16.6 Å². The fraction of sp³-hybridized carbons (Fsp3) is 0.250. The summed E-state index contributed by atoms with van der Waals surface area (Å²) in [5.74, 6) is -0.884. The number of carbonyl (C=O) groups is 2. The number of aromatic nitrogens is 3. The van der Waals surface area contributed by atoms with Gasteiger partial charge in [-0.1, -0.05) is 36.4 Å². The Bertz CT molecular complexity index is 1290. The lowest BCUT2D eigenvalue weighted by molar-refractivity contribution is -0.130. The molecule has 4 aromatic rings. The minimum Gasteiger partial charge on any atom is -0.444 e. The van der Waals surface area contributed by atoms with Crippen LogP contribution in [0.1, 0.15) is 40.6 Å². The van der Waals surface area contributed by atoms with Gasteiger partial charge in [0.25, 0.3) is 5.91 Å². The van der Waals surface area contributed by atoms with Gasteiger partial charge >= 0.3 is 5.97 Å². The van der Waals surface area contributed by atoms with Crippen molar-refractivity contribution in [3.8, 4) is 10.6 Å². The molecule has 0 saturated heterocycles. The van der Waals surface area contributed by atoms with E-state index < -0.39 is 12.1 Å². The monoisotopic (exact) mass is 446 g/mol. The van der Waals surface area contributed by atoms with Gasteiger partial charge in [0.1, 0.15) is 0 Å². The molecule has 1 unspecified atom stereocenters. The Morgan fingerprint density at radius 3 is 2.66 bits per heavy atom. The summed E-state index contributed by atoms with van der Waals surface area (Å²) >= 11 is 1.54. The van der Waals surface area contributed by atoms with Crippen molar-refractivity contribution in [3.05, 3.63) is 70.7 Å². The lowest BCUT2D eigenvalue weighted by Gasteiger charge is -2.18. The van der Waals surface area contributed by atoms with E-state index in [9.17, 15) is 9.59 Å². The largest absolute Gasteiger partial charge is 0.444 e. The van der Waals surface area contributed by atoms with Crippen LogP contribution in [0.4, 0.5) is 0 Å². The highest BCUT2D eigenvalue weighted by atomic mass is 32.1. The molecule has 32 heavy (non-hydrogen) atoms. The first-order chi connectivity index (χ1) is 15.5. The second-order valence-corrected chi connectivity index (χ2v) is 8.87. The minimum absolute atomic E-state index is 0.158. The molecule has 1 aromatic carbocycles. The standard InChI is InChI=1S/C24H22N4O3S/c1-14-20-17(13-18(19-9-6-12-32-19)26-22(20)28(2)27-14)24(30)31-21(15-7-4-3-5-8-15)23(29)25-16-10-11-16/h3-9,12-13,16,21H,10-11H2,1-2H3,(H,25,29). The van der Waals surface area contributed by atoms with Crippen molar-refractivity contribution < 1.29 is 14.3 Å². The number of aryl methyl sites for hydroxylation is 2. The predicted octanol–water partition coefficient (Wildman–Crippen LogP) is 4.18. The molecule has 8 heteroatoms. The fourth-order valence-corrected chi connectivity index (χ4v) is 4.42. The van der Waals surface area contributed by atoms with E-state index in [1.807, 2.05) is 42.6 Å². The van der Waals surface area contributed by atoms with Crippen LogP contribution < -0.4 is 5.32 Å². The van der Waals surface area contributed by atoms with E-state index in [2.05, 4.69) is 10.4 Å². The Hall–Kier alpha value is -3.52. The highest BCUT2D eigenvalue weighted by molar-refractivity contribution is 7.13. The predicted molar refractivity (Wildman–Crippen MR) is 122 cm³/mol. The summed E-state index contributed by atoms with van der Waals surface area (Å²) in [6.45, 7) is 1.83. The third-order valence-corrected chi connectivity index (χ3v) is 6.34. The number of ether oxygens (including phenoxy) is 1. The maximum atomic E-state index is 13.5. The molecule has 3 heterocycles. The zero-order valence-corrected chi connectivity index (χ0v) is 18.6. The number of nitrogens with zero attached hydrogens (tertiary/aromatic N) is 3. The molecule has 0 bridgehead atoms. The van der Waals surface area contributed by atoms with Crippen LogP contribution in [0, 0.1) is 6.92 Å². The topological polar surface area (TPSA) is 86.1 Å². The normalized spacial score (nSPS) is 14.3. The number of thiophene rings is 1. The Morgan fingerprint density at radius 2 is 1.97 bits per heavy atom. The molecule has 1 aliphatic carbocycles. The van der Waals surface area contributed by atoms with Gasteiger partial charge in [-0.3, -0.25) is 9.48 Å². The number of hydrogen-bond acceptors (Lipinski definition) is 6. The molecule has 1 atom stereocenters. The molecule has 0 aliphatic heterocycles. The van der Waals surface area contributed by atoms with Crippen molar-refractivity contribution in [1.29, 1.82) is 0 Å². The highest BCUT2D eigenvalue weighted by Crippen LogP contribution is 2.31. The first-order valence-electron chi connectivity index (χ1n) is 10.5. The van der Waals surface area contributed by atoms with Gasteiger partial charge in [0.2, 0.25) is 6.10 Å². The second-order valence-electron chi connectivity index (χ2n) is 7.92. The number of benzene rings is 1. The van der Waals surface area contributed by atoms with E-state index in [-0.39, 0.29) is 11.9 Å². The van der Waals surface area contributed by atoms with Crippen molar-refractivity contribution in [1.82, 2.24) is 20.1 Å². The van der Waals surface area contributed by atoms with E-state index in [1.165, 1.54) is 11.3 Å². The molecule has 1 N–H and O–H groups in total. The van der Waals surface area contributed by atoms with Crippen molar-refractivity contribution >= 4 is 34.2 Å². The average molecular weight is 447 g/mol. The van der Waals surface area contributed by atoms with Crippen LogP contribution in [0.15, 0.2) is 53.9 Å². The first kappa shape index (κ1) is 20.4. The number of carbonyl (C=O) groups excluding carboxylic acids is 2. The SMILES string of the molecule is Cc1nn(C)c2nc(-c3cccs3)cc(C(=O)OC(C(=O)NC3CC3)c3ccccc3)c12. The summed E-state index contributed by atoms with van der Waals surface area (Å²) < 4.78 is 7.51. The average Bonchev–Trinajstić information content (AvgIpc) is 3.33. The van der Waals surface area contributed by atoms with E-state index in [0.717, 1.165) is 17.7 Å². The third-order valence-electron chi connectivity index (χ3n) is 5.45. The van der Waals surface area contributed by atoms with Crippen LogP contribution in [0.5, 0.6) is 0 Å². The van der Waals surface area contributed by atoms with Gasteiger partial charge in [-0.05, 0) is 37.3 Å². The zero-order valence-electron chi connectivity index (χ0n) is 17.7. The summed E-state index contributed by atoms with van der Waals surface area (Å²) in [5, 5.41) is 9.99. The Balaban J connectivity index is 1.56. The molecule has 0 radical (unpaired) electrons. The van der Waals surface area contributed by atoms with E-state index in [4.69, 9.17) is 9.72 Å². The van der Waals surface area contributed by atoms with Gasteiger partial charge in [-0.25, -0.2) is 9.78 Å². The number of nitrogens with one attached hydrogen (secondary N) is 1. The summed E-state index contributed by atoms with van der Waals surface area (Å²) in [6, 6.07) is 14.9. The van der Waals surface area contributed by atoms with Gasteiger partial charge in [-0.2, -0.15) is 5.10 Å². The van der Waals surface area contributed by atoms with Crippen LogP contribution >= 0.6 is 11.3 Å². The zero-order chi connectivity index (χ0) is 22.2. The first-order valence-corrected chi connectivity index (χ1v) is 11.3. The van der Waals surface area contributed by atoms with E-state index in [0.29, 0.717) is 33.5 Å². The number of esters is 1. The maximum absolute atomic E-state index is 13.5. The summed E-state index contributed by atoms with van der Waals surface area (Å²) in [7, 11) is 1.80. The van der Waals surface area contributed by atoms with Crippen LogP contribution in [0.2, 0.25) is 0 Å².